The zero-order valence-corrected chi connectivity index (χ0v) is 11.5. The van der Waals surface area contributed by atoms with Crippen LogP contribution < -0.4 is 5.32 Å². The molecule has 3 nitrogen and oxygen atoms in total. The lowest BCUT2D eigenvalue weighted by atomic mass is 10.1. The predicted molar refractivity (Wildman–Crippen MR) is 71.4 cm³/mol. The van der Waals surface area contributed by atoms with E-state index in [2.05, 4.69) is 36.3 Å². The maximum Gasteiger partial charge on any atom is 0.0966 e. The van der Waals surface area contributed by atoms with Crippen molar-refractivity contribution in [3.8, 4) is 0 Å². The van der Waals surface area contributed by atoms with E-state index < -0.39 is 0 Å². The van der Waals surface area contributed by atoms with Gasteiger partial charge in [0.25, 0.3) is 0 Å². The number of aromatic nitrogens is 1. The summed E-state index contributed by atoms with van der Waals surface area (Å²) in [4.78, 5) is 4.43. The number of pyridine rings is 1. The summed E-state index contributed by atoms with van der Waals surface area (Å²) in [6.45, 7) is 5.18. The molecule has 1 aliphatic rings. The van der Waals surface area contributed by atoms with Gasteiger partial charge in [-0.1, -0.05) is 0 Å². The Morgan fingerprint density at radius 1 is 1.59 bits per heavy atom. The van der Waals surface area contributed by atoms with Crippen molar-refractivity contribution in [3.05, 3.63) is 23.9 Å². The van der Waals surface area contributed by atoms with E-state index in [1.54, 1.807) is 0 Å². The number of ether oxygens (including phenoxy) is 1. The first-order valence-corrected chi connectivity index (χ1v) is 7.00. The molecule has 1 N–H and O–H groups in total. The monoisotopic (exact) mass is 252 g/mol. The molecule has 0 aliphatic carbocycles. The number of nitrogens with one attached hydrogen (secondary N) is 1. The van der Waals surface area contributed by atoms with Crippen LogP contribution in [0.25, 0.3) is 0 Å². The lowest BCUT2D eigenvalue weighted by molar-refractivity contribution is 0.127. The summed E-state index contributed by atoms with van der Waals surface area (Å²) in [7, 11) is 1.98. The lowest BCUT2D eigenvalue weighted by Crippen LogP contribution is -2.14. The lowest BCUT2D eigenvalue weighted by Gasteiger charge is -2.15. The van der Waals surface area contributed by atoms with Crippen molar-refractivity contribution in [2.24, 2.45) is 0 Å². The molecule has 3 unspecified atom stereocenters. The van der Waals surface area contributed by atoms with Crippen molar-refractivity contribution in [2.75, 3.05) is 13.7 Å². The van der Waals surface area contributed by atoms with Crippen LogP contribution in [0.4, 0.5) is 0 Å². The minimum Gasteiger partial charge on any atom is -0.377 e. The molecular weight excluding hydrogens is 232 g/mol. The van der Waals surface area contributed by atoms with Gasteiger partial charge < -0.3 is 10.1 Å². The molecule has 2 heterocycles. The highest BCUT2D eigenvalue weighted by Gasteiger charge is 2.25. The van der Waals surface area contributed by atoms with Crippen LogP contribution in [0.2, 0.25) is 0 Å². The van der Waals surface area contributed by atoms with E-state index in [9.17, 15) is 0 Å². The van der Waals surface area contributed by atoms with Crippen LogP contribution in [0.3, 0.4) is 0 Å². The van der Waals surface area contributed by atoms with Crippen LogP contribution >= 0.6 is 11.8 Å². The summed E-state index contributed by atoms with van der Waals surface area (Å²) >= 11 is 1.84. The number of hydrogen-bond acceptors (Lipinski definition) is 4. The zero-order valence-electron chi connectivity index (χ0n) is 10.6. The van der Waals surface area contributed by atoms with E-state index >= 15 is 0 Å². The van der Waals surface area contributed by atoms with E-state index in [0.29, 0.717) is 17.4 Å². The molecule has 0 aromatic carbocycles. The summed E-state index contributed by atoms with van der Waals surface area (Å²) in [6.07, 6.45) is 3.36. The van der Waals surface area contributed by atoms with Crippen LogP contribution in [0.15, 0.2) is 23.4 Å². The van der Waals surface area contributed by atoms with Gasteiger partial charge in [-0.3, -0.25) is 0 Å². The second-order valence-electron chi connectivity index (χ2n) is 4.46. The van der Waals surface area contributed by atoms with E-state index in [1.807, 2.05) is 25.0 Å². The number of thioether (sulfide) groups is 1. The summed E-state index contributed by atoms with van der Waals surface area (Å²) in [5.74, 6) is 0. The topological polar surface area (TPSA) is 34.2 Å². The average Bonchev–Trinajstić information content (AvgIpc) is 2.74. The fourth-order valence-electron chi connectivity index (χ4n) is 1.95. The Kier molecular flexibility index (Phi) is 4.42. The molecule has 1 aromatic heterocycles. The molecule has 2 rings (SSSR count). The van der Waals surface area contributed by atoms with Crippen molar-refractivity contribution in [1.29, 1.82) is 0 Å². The Balaban J connectivity index is 2.05. The molecule has 94 valence electrons. The first-order chi connectivity index (χ1) is 8.20. The van der Waals surface area contributed by atoms with Crippen molar-refractivity contribution in [2.45, 2.75) is 42.7 Å². The third kappa shape index (κ3) is 3.21. The average molecular weight is 252 g/mol. The minimum absolute atomic E-state index is 0.340. The normalized spacial score (nSPS) is 26.1. The van der Waals surface area contributed by atoms with E-state index in [1.165, 1.54) is 5.56 Å². The molecule has 4 heteroatoms. The molecular formula is C13H20N2OS. The molecule has 0 amide bonds. The highest BCUT2D eigenvalue weighted by Crippen LogP contribution is 2.32. The van der Waals surface area contributed by atoms with Gasteiger partial charge in [0.1, 0.15) is 0 Å². The second-order valence-corrected chi connectivity index (χ2v) is 5.72. The molecule has 3 atom stereocenters. The van der Waals surface area contributed by atoms with Crippen LogP contribution in [-0.2, 0) is 4.74 Å². The van der Waals surface area contributed by atoms with Crippen molar-refractivity contribution in [3.63, 3.8) is 0 Å². The first-order valence-electron chi connectivity index (χ1n) is 6.12. The molecule has 0 radical (unpaired) electrons. The van der Waals surface area contributed by atoms with Crippen LogP contribution in [0.1, 0.15) is 31.9 Å². The molecule has 1 aromatic rings. The van der Waals surface area contributed by atoms with Crippen LogP contribution in [-0.4, -0.2) is 30.0 Å². The van der Waals surface area contributed by atoms with E-state index in [4.69, 9.17) is 4.74 Å². The van der Waals surface area contributed by atoms with Gasteiger partial charge in [-0.2, -0.15) is 0 Å². The highest BCUT2D eigenvalue weighted by atomic mass is 32.2. The Morgan fingerprint density at radius 3 is 3.06 bits per heavy atom. The largest absolute Gasteiger partial charge is 0.377 e. The molecule has 0 spiro atoms. The van der Waals surface area contributed by atoms with E-state index in [-0.39, 0.29) is 0 Å². The van der Waals surface area contributed by atoms with Crippen LogP contribution in [0.5, 0.6) is 0 Å². The van der Waals surface area contributed by atoms with E-state index in [0.717, 1.165) is 18.1 Å². The summed E-state index contributed by atoms with van der Waals surface area (Å²) in [5.41, 5.74) is 1.29. The van der Waals surface area contributed by atoms with Crippen molar-refractivity contribution in [1.82, 2.24) is 10.3 Å². The molecule has 1 saturated heterocycles. The third-order valence-electron chi connectivity index (χ3n) is 3.27. The Hall–Kier alpha value is -0.580. The predicted octanol–water partition coefficient (Wildman–Crippen LogP) is 2.63. The van der Waals surface area contributed by atoms with Gasteiger partial charge in [-0.25, -0.2) is 4.98 Å². The minimum atomic E-state index is 0.340. The molecule has 1 aliphatic heterocycles. The smallest absolute Gasteiger partial charge is 0.0966 e. The summed E-state index contributed by atoms with van der Waals surface area (Å²) < 4.78 is 5.58. The number of rotatable bonds is 4. The SMILES string of the molecule is CNC(C)c1ccnc(SC2CCOC2C)c1. The Bertz CT molecular complexity index is 372. The number of nitrogens with zero attached hydrogens (tertiary/aromatic N) is 1. The quantitative estimate of drug-likeness (QED) is 0.893. The van der Waals surface area contributed by atoms with Crippen molar-refractivity contribution >= 4 is 11.8 Å². The van der Waals surface area contributed by atoms with Gasteiger partial charge in [0.05, 0.1) is 11.1 Å². The molecule has 0 saturated carbocycles. The fourth-order valence-corrected chi connectivity index (χ4v) is 3.07. The van der Waals surface area contributed by atoms with Gasteiger partial charge in [0, 0.05) is 24.1 Å². The van der Waals surface area contributed by atoms with Gasteiger partial charge in [0.2, 0.25) is 0 Å². The van der Waals surface area contributed by atoms with Crippen molar-refractivity contribution < 1.29 is 4.74 Å². The first kappa shape index (κ1) is 12.9. The zero-order chi connectivity index (χ0) is 12.3. The number of hydrogen-bond donors (Lipinski definition) is 1. The third-order valence-corrected chi connectivity index (χ3v) is 4.66. The maximum atomic E-state index is 5.58. The molecule has 0 bridgehead atoms. The fraction of sp³-hybridized carbons (Fsp3) is 0.615. The van der Waals surface area contributed by atoms with Crippen LogP contribution in [0, 0.1) is 0 Å². The van der Waals surface area contributed by atoms with Gasteiger partial charge in [0.15, 0.2) is 0 Å². The Morgan fingerprint density at radius 2 is 2.41 bits per heavy atom. The molecule has 1 fully saturated rings. The van der Waals surface area contributed by atoms with Gasteiger partial charge in [-0.15, -0.1) is 11.8 Å². The maximum absolute atomic E-state index is 5.58. The summed E-state index contributed by atoms with van der Waals surface area (Å²) in [5, 5.41) is 4.90. The Labute approximate surface area is 107 Å². The van der Waals surface area contributed by atoms with Gasteiger partial charge >= 0.3 is 0 Å². The summed E-state index contributed by atoms with van der Waals surface area (Å²) in [6, 6.07) is 4.62. The highest BCUT2D eigenvalue weighted by molar-refractivity contribution is 7.99. The second kappa shape index (κ2) is 5.85. The molecule has 17 heavy (non-hydrogen) atoms. The standard InChI is InChI=1S/C13H20N2OS/c1-9(14-3)11-4-6-15-13(8-11)17-12-5-7-16-10(12)2/h4,6,8-10,12,14H,5,7H2,1-3H3. The van der Waals surface area contributed by atoms with Gasteiger partial charge in [-0.05, 0) is 45.0 Å².